The van der Waals surface area contributed by atoms with Crippen LogP contribution in [-0.4, -0.2) is 11.6 Å². The van der Waals surface area contributed by atoms with Gasteiger partial charge in [0.15, 0.2) is 5.43 Å². The van der Waals surface area contributed by atoms with Crippen LogP contribution in [-0.2, 0) is 0 Å². The highest BCUT2D eigenvalue weighted by atomic mass is 16.5. The van der Waals surface area contributed by atoms with Gasteiger partial charge in [0.1, 0.15) is 5.75 Å². The molecule has 0 saturated heterocycles. The molecule has 0 radical (unpaired) electrons. The Morgan fingerprint density at radius 3 is 2.60 bits per heavy atom. The number of rotatable bonds is 3. The van der Waals surface area contributed by atoms with Crippen LogP contribution < -0.4 is 10.2 Å². The van der Waals surface area contributed by atoms with E-state index < -0.39 is 0 Å². The van der Waals surface area contributed by atoms with Gasteiger partial charge < -0.3 is 9.72 Å². The van der Waals surface area contributed by atoms with Gasteiger partial charge in [-0.3, -0.25) is 4.79 Å². The summed E-state index contributed by atoms with van der Waals surface area (Å²) < 4.78 is 5.59. The van der Waals surface area contributed by atoms with Gasteiger partial charge >= 0.3 is 0 Å². The van der Waals surface area contributed by atoms with Gasteiger partial charge in [-0.15, -0.1) is 0 Å². The molecule has 2 aromatic carbocycles. The van der Waals surface area contributed by atoms with E-state index in [1.165, 1.54) is 0 Å². The van der Waals surface area contributed by atoms with Gasteiger partial charge in [-0.05, 0) is 24.6 Å². The molecule has 0 aliphatic rings. The fraction of sp³-hybridized carbons (Fsp3) is 0.118. The summed E-state index contributed by atoms with van der Waals surface area (Å²) in [5, 5.41) is 0.649. The summed E-state index contributed by atoms with van der Waals surface area (Å²) in [7, 11) is 0. The Labute approximate surface area is 116 Å². The molecule has 100 valence electrons. The Morgan fingerprint density at radius 2 is 1.85 bits per heavy atom. The summed E-state index contributed by atoms with van der Waals surface area (Å²) in [6, 6.07) is 17.0. The third-order valence-electron chi connectivity index (χ3n) is 3.21. The Kier molecular flexibility index (Phi) is 3.25. The average molecular weight is 265 g/mol. The van der Waals surface area contributed by atoms with Gasteiger partial charge in [0.05, 0.1) is 12.1 Å². The zero-order valence-corrected chi connectivity index (χ0v) is 11.2. The number of pyridine rings is 1. The van der Waals surface area contributed by atoms with Crippen molar-refractivity contribution in [1.29, 1.82) is 0 Å². The first-order valence-electron chi connectivity index (χ1n) is 6.64. The first-order valence-corrected chi connectivity index (χ1v) is 6.64. The zero-order chi connectivity index (χ0) is 13.9. The van der Waals surface area contributed by atoms with Gasteiger partial charge in [-0.1, -0.05) is 36.4 Å². The van der Waals surface area contributed by atoms with Gasteiger partial charge in [0.25, 0.3) is 0 Å². The Bertz CT molecular complexity index is 791. The molecule has 0 saturated carbocycles. The second kappa shape index (κ2) is 5.21. The lowest BCUT2D eigenvalue weighted by Gasteiger charge is -2.09. The second-order valence-corrected chi connectivity index (χ2v) is 4.53. The third kappa shape index (κ3) is 2.18. The summed E-state index contributed by atoms with van der Waals surface area (Å²) in [4.78, 5) is 15.6. The van der Waals surface area contributed by atoms with Crippen LogP contribution >= 0.6 is 0 Å². The molecule has 1 N–H and O–H groups in total. The van der Waals surface area contributed by atoms with Crippen molar-refractivity contribution < 1.29 is 4.74 Å². The van der Waals surface area contributed by atoms with E-state index in [0.717, 1.165) is 16.8 Å². The van der Waals surface area contributed by atoms with E-state index in [2.05, 4.69) is 4.98 Å². The molecule has 0 fully saturated rings. The molecule has 3 aromatic rings. The largest absolute Gasteiger partial charge is 0.492 e. The lowest BCUT2D eigenvalue weighted by molar-refractivity contribution is 0.343. The predicted molar refractivity (Wildman–Crippen MR) is 81.2 cm³/mol. The lowest BCUT2D eigenvalue weighted by atomic mass is 10.1. The number of para-hydroxylation sites is 1. The molecule has 0 spiro atoms. The van der Waals surface area contributed by atoms with Crippen LogP contribution in [0.25, 0.3) is 22.2 Å². The van der Waals surface area contributed by atoms with E-state index in [-0.39, 0.29) is 5.43 Å². The quantitative estimate of drug-likeness (QED) is 0.786. The lowest BCUT2D eigenvalue weighted by Crippen LogP contribution is -2.04. The number of aromatic amines is 1. The molecule has 20 heavy (non-hydrogen) atoms. The fourth-order valence-corrected chi connectivity index (χ4v) is 2.29. The van der Waals surface area contributed by atoms with E-state index in [1.807, 2.05) is 55.5 Å². The third-order valence-corrected chi connectivity index (χ3v) is 3.21. The van der Waals surface area contributed by atoms with Crippen LogP contribution in [0.2, 0.25) is 0 Å². The maximum absolute atomic E-state index is 12.3. The molecule has 0 unspecified atom stereocenters. The number of fused-ring (bicyclic) bond motifs is 1. The predicted octanol–water partition coefficient (Wildman–Crippen LogP) is 3.59. The molecule has 3 nitrogen and oxygen atoms in total. The highest BCUT2D eigenvalue weighted by molar-refractivity contribution is 5.86. The van der Waals surface area contributed by atoms with Gasteiger partial charge in [-0.2, -0.15) is 0 Å². The normalized spacial score (nSPS) is 10.7. The summed E-state index contributed by atoms with van der Waals surface area (Å²) >= 11 is 0. The van der Waals surface area contributed by atoms with Crippen LogP contribution in [0, 0.1) is 0 Å². The second-order valence-electron chi connectivity index (χ2n) is 4.53. The van der Waals surface area contributed by atoms with Gasteiger partial charge in [-0.25, -0.2) is 0 Å². The fourth-order valence-electron chi connectivity index (χ4n) is 2.29. The van der Waals surface area contributed by atoms with Crippen LogP contribution in [0.1, 0.15) is 6.92 Å². The molecule has 1 aromatic heterocycles. The first kappa shape index (κ1) is 12.5. The smallest absolute Gasteiger partial charge is 0.190 e. The van der Waals surface area contributed by atoms with E-state index >= 15 is 0 Å². The van der Waals surface area contributed by atoms with Crippen molar-refractivity contribution in [2.45, 2.75) is 6.92 Å². The van der Waals surface area contributed by atoms with E-state index in [0.29, 0.717) is 17.7 Å². The van der Waals surface area contributed by atoms with Crippen LogP contribution in [0.15, 0.2) is 59.4 Å². The Balaban J connectivity index is 2.27. The molecular formula is C17H15NO2. The van der Waals surface area contributed by atoms with Crippen molar-refractivity contribution in [3.8, 4) is 17.0 Å². The monoisotopic (exact) mass is 265 g/mol. The van der Waals surface area contributed by atoms with Crippen molar-refractivity contribution >= 4 is 10.9 Å². The van der Waals surface area contributed by atoms with Crippen molar-refractivity contribution in [3.05, 3.63) is 64.8 Å². The van der Waals surface area contributed by atoms with E-state index in [9.17, 15) is 4.79 Å². The topological polar surface area (TPSA) is 42.1 Å². The zero-order valence-electron chi connectivity index (χ0n) is 11.2. The van der Waals surface area contributed by atoms with Crippen LogP contribution in [0.3, 0.4) is 0 Å². The van der Waals surface area contributed by atoms with Crippen LogP contribution in [0.4, 0.5) is 0 Å². The maximum atomic E-state index is 12.3. The molecule has 3 rings (SSSR count). The summed E-state index contributed by atoms with van der Waals surface area (Å²) in [6.45, 7) is 2.49. The Hall–Kier alpha value is -2.55. The standard InChI is InChI=1S/C17H15NO2/c1-2-20-16-10-6-9-13-15(19)11-14(18-17(13)16)12-7-4-3-5-8-12/h3-11H,2H2,1H3,(H,18,19). The molecule has 3 heteroatoms. The number of hydrogen-bond acceptors (Lipinski definition) is 2. The molecular weight excluding hydrogens is 250 g/mol. The van der Waals surface area contributed by atoms with Crippen molar-refractivity contribution in [2.24, 2.45) is 0 Å². The number of ether oxygens (including phenoxy) is 1. The number of nitrogens with one attached hydrogen (secondary N) is 1. The minimum Gasteiger partial charge on any atom is -0.492 e. The highest BCUT2D eigenvalue weighted by Gasteiger charge is 2.08. The van der Waals surface area contributed by atoms with E-state index in [1.54, 1.807) is 6.07 Å². The molecule has 0 aliphatic carbocycles. The van der Waals surface area contributed by atoms with E-state index in [4.69, 9.17) is 4.74 Å². The van der Waals surface area contributed by atoms with Gasteiger partial charge in [0, 0.05) is 17.1 Å². The number of H-pyrrole nitrogens is 1. The number of benzene rings is 2. The maximum Gasteiger partial charge on any atom is 0.190 e. The Morgan fingerprint density at radius 1 is 1.05 bits per heavy atom. The van der Waals surface area contributed by atoms with Gasteiger partial charge in [0.2, 0.25) is 0 Å². The van der Waals surface area contributed by atoms with Crippen LogP contribution in [0.5, 0.6) is 5.75 Å². The van der Waals surface area contributed by atoms with Crippen molar-refractivity contribution in [3.63, 3.8) is 0 Å². The molecule has 0 atom stereocenters. The first-order chi connectivity index (χ1) is 9.79. The molecule has 0 aliphatic heterocycles. The molecule has 0 amide bonds. The minimum atomic E-state index is -0.000781. The average Bonchev–Trinajstić information content (AvgIpc) is 2.49. The molecule has 1 heterocycles. The summed E-state index contributed by atoms with van der Waals surface area (Å²) in [5.41, 5.74) is 2.54. The highest BCUT2D eigenvalue weighted by Crippen LogP contribution is 2.24. The number of hydrogen-bond donors (Lipinski definition) is 1. The molecule has 0 bridgehead atoms. The number of aromatic nitrogens is 1. The summed E-state index contributed by atoms with van der Waals surface area (Å²) in [6.07, 6.45) is 0. The minimum absolute atomic E-state index is 0.000781. The SMILES string of the molecule is CCOc1cccc2c(=O)cc(-c3ccccc3)[nH]c12. The van der Waals surface area contributed by atoms with Crippen molar-refractivity contribution in [1.82, 2.24) is 4.98 Å². The van der Waals surface area contributed by atoms with Crippen molar-refractivity contribution in [2.75, 3.05) is 6.61 Å². The summed E-state index contributed by atoms with van der Waals surface area (Å²) in [5.74, 6) is 0.708.